The molecule has 0 spiro atoms. The summed E-state index contributed by atoms with van der Waals surface area (Å²) in [7, 11) is 1.68. The van der Waals surface area contributed by atoms with Crippen molar-refractivity contribution >= 4 is 13.8 Å². The first-order valence-electron chi connectivity index (χ1n) is 23.3. The van der Waals surface area contributed by atoms with Crippen LogP contribution < -0.4 is 0 Å². The van der Waals surface area contributed by atoms with Gasteiger partial charge in [-0.3, -0.25) is 13.8 Å². The molecule has 0 saturated heterocycles. The Balaban J connectivity index is 4.02. The molecule has 0 aliphatic heterocycles. The molecule has 0 aliphatic carbocycles. The zero-order chi connectivity index (χ0) is 39.9. The highest BCUT2D eigenvalue weighted by molar-refractivity contribution is 7.47. The number of phosphoric acid groups is 1. The van der Waals surface area contributed by atoms with Gasteiger partial charge in [0.2, 0.25) is 0 Å². The van der Waals surface area contributed by atoms with Gasteiger partial charge in [-0.2, -0.15) is 0 Å². The normalized spacial score (nSPS) is 13.7. The standard InChI is InChI=1S/C45H92NO7P/c1-6-8-10-12-14-16-18-19-20-21-22-23-24-25-26-27-28-29-31-33-35-37-40-50-42-44(43-52-54(48,49)51-41-39-46(3,4)5)53-45(47)38-36-34-32-30-17-15-13-11-9-7-2/h44H,6-43H2,1-5H3/p+1. The Morgan fingerprint density at radius 1 is 0.500 bits per heavy atom. The molecule has 2 atom stereocenters. The molecule has 8 nitrogen and oxygen atoms in total. The van der Waals surface area contributed by atoms with Crippen LogP contribution in [0.25, 0.3) is 0 Å². The topological polar surface area (TPSA) is 91.3 Å². The quantitative estimate of drug-likeness (QED) is 0.0284. The molecule has 0 aromatic carbocycles. The number of carbonyl (C=O) groups is 1. The summed E-state index contributed by atoms with van der Waals surface area (Å²) in [4.78, 5) is 22.8. The molecule has 0 aliphatic rings. The van der Waals surface area contributed by atoms with Gasteiger partial charge in [-0.25, -0.2) is 4.57 Å². The lowest BCUT2D eigenvalue weighted by Crippen LogP contribution is -2.37. The first-order chi connectivity index (χ1) is 26.1. The van der Waals surface area contributed by atoms with Crippen molar-refractivity contribution in [1.29, 1.82) is 0 Å². The third-order valence-corrected chi connectivity index (χ3v) is 11.4. The van der Waals surface area contributed by atoms with Crippen molar-refractivity contribution in [2.75, 3.05) is 54.1 Å². The highest BCUT2D eigenvalue weighted by atomic mass is 31.2. The second kappa shape index (κ2) is 39.3. The van der Waals surface area contributed by atoms with E-state index in [0.29, 0.717) is 24.1 Å². The predicted molar refractivity (Wildman–Crippen MR) is 229 cm³/mol. The number of nitrogens with zero attached hydrogens (tertiary/aromatic N) is 1. The van der Waals surface area contributed by atoms with Crippen LogP contribution in [0.5, 0.6) is 0 Å². The molecule has 0 aromatic heterocycles. The van der Waals surface area contributed by atoms with Gasteiger partial charge in [-0.15, -0.1) is 0 Å². The largest absolute Gasteiger partial charge is 0.472 e. The van der Waals surface area contributed by atoms with Gasteiger partial charge in [0.1, 0.15) is 19.3 Å². The van der Waals surface area contributed by atoms with Gasteiger partial charge in [0.25, 0.3) is 0 Å². The average Bonchev–Trinajstić information content (AvgIpc) is 3.12. The van der Waals surface area contributed by atoms with E-state index in [1.54, 1.807) is 0 Å². The molecule has 2 unspecified atom stereocenters. The van der Waals surface area contributed by atoms with Gasteiger partial charge in [0.05, 0.1) is 34.4 Å². The number of likely N-dealkylation sites (N-methyl/N-ethyl adjacent to an activating group) is 1. The molecular formula is C45H93NO7P+. The fourth-order valence-corrected chi connectivity index (χ4v) is 7.53. The van der Waals surface area contributed by atoms with E-state index in [-0.39, 0.29) is 25.8 Å². The summed E-state index contributed by atoms with van der Waals surface area (Å²) in [6.07, 6.45) is 41.5. The van der Waals surface area contributed by atoms with Crippen molar-refractivity contribution in [3.8, 4) is 0 Å². The van der Waals surface area contributed by atoms with E-state index in [1.165, 1.54) is 173 Å². The Kier molecular flexibility index (Phi) is 39.0. The number of phosphoric ester groups is 1. The van der Waals surface area contributed by atoms with Gasteiger partial charge in [0.15, 0.2) is 0 Å². The van der Waals surface area contributed by atoms with Crippen LogP contribution >= 0.6 is 7.82 Å². The molecule has 0 radical (unpaired) electrons. The molecule has 0 saturated carbocycles. The van der Waals surface area contributed by atoms with Crippen molar-refractivity contribution in [3.05, 3.63) is 0 Å². The molecular weight excluding hydrogens is 697 g/mol. The second-order valence-corrected chi connectivity index (χ2v) is 18.6. The Morgan fingerprint density at radius 3 is 1.22 bits per heavy atom. The van der Waals surface area contributed by atoms with Crippen LogP contribution in [0, 0.1) is 0 Å². The van der Waals surface area contributed by atoms with E-state index in [9.17, 15) is 14.3 Å². The zero-order valence-electron chi connectivity index (χ0n) is 36.7. The van der Waals surface area contributed by atoms with E-state index >= 15 is 0 Å². The average molecular weight is 791 g/mol. The Hall–Kier alpha value is -0.500. The molecule has 0 bridgehead atoms. The Morgan fingerprint density at radius 2 is 0.852 bits per heavy atom. The SMILES string of the molecule is CCCCCCCCCCCCCCCCCCCCCCCCOCC(COP(=O)(O)OCC[N+](C)(C)C)OC(=O)CCCCCCCCCCCC. The van der Waals surface area contributed by atoms with Gasteiger partial charge in [0, 0.05) is 13.0 Å². The van der Waals surface area contributed by atoms with Gasteiger partial charge in [-0.05, 0) is 12.8 Å². The zero-order valence-corrected chi connectivity index (χ0v) is 37.6. The van der Waals surface area contributed by atoms with Gasteiger partial charge < -0.3 is 18.9 Å². The molecule has 0 heterocycles. The monoisotopic (exact) mass is 791 g/mol. The van der Waals surface area contributed by atoms with Gasteiger partial charge in [-0.1, -0.05) is 206 Å². The number of ether oxygens (including phenoxy) is 2. The minimum Gasteiger partial charge on any atom is -0.457 e. The molecule has 9 heteroatoms. The van der Waals surface area contributed by atoms with E-state index in [2.05, 4.69) is 13.8 Å². The molecule has 1 N–H and O–H groups in total. The number of carbonyl (C=O) groups excluding carboxylic acids is 1. The highest BCUT2D eigenvalue weighted by Gasteiger charge is 2.26. The van der Waals surface area contributed by atoms with Crippen LogP contribution in [0.1, 0.15) is 226 Å². The molecule has 0 amide bonds. The maximum atomic E-state index is 12.6. The smallest absolute Gasteiger partial charge is 0.457 e. The van der Waals surface area contributed by atoms with Crippen LogP contribution in [0.2, 0.25) is 0 Å². The van der Waals surface area contributed by atoms with E-state index in [4.69, 9.17) is 18.5 Å². The third kappa shape index (κ3) is 42.6. The Bertz CT molecular complexity index is 837. The third-order valence-electron chi connectivity index (χ3n) is 10.4. The van der Waals surface area contributed by atoms with Crippen molar-refractivity contribution in [2.45, 2.75) is 232 Å². The first-order valence-corrected chi connectivity index (χ1v) is 24.8. The van der Waals surface area contributed by atoms with Crippen LogP contribution in [-0.4, -0.2) is 75.6 Å². The summed E-state index contributed by atoms with van der Waals surface area (Å²) >= 11 is 0. The molecule has 0 aromatic rings. The van der Waals surface area contributed by atoms with E-state index in [0.717, 1.165) is 32.1 Å². The summed E-state index contributed by atoms with van der Waals surface area (Å²) in [6, 6.07) is 0. The predicted octanol–water partition coefficient (Wildman–Crippen LogP) is 13.7. The van der Waals surface area contributed by atoms with Crippen LogP contribution in [0.3, 0.4) is 0 Å². The fourth-order valence-electron chi connectivity index (χ4n) is 6.79. The molecule has 0 fully saturated rings. The summed E-state index contributed by atoms with van der Waals surface area (Å²) in [6.45, 7) is 5.67. The van der Waals surface area contributed by atoms with Crippen LogP contribution in [0.15, 0.2) is 0 Å². The maximum Gasteiger partial charge on any atom is 0.472 e. The minimum atomic E-state index is -4.26. The maximum absolute atomic E-state index is 12.6. The van der Waals surface area contributed by atoms with Crippen molar-refractivity contribution in [1.82, 2.24) is 0 Å². The molecule has 324 valence electrons. The van der Waals surface area contributed by atoms with Crippen LogP contribution in [-0.2, 0) is 27.9 Å². The summed E-state index contributed by atoms with van der Waals surface area (Å²) in [5.74, 6) is -0.310. The number of quaternary nitrogens is 1. The van der Waals surface area contributed by atoms with Crippen molar-refractivity contribution < 1.29 is 37.3 Å². The Labute approximate surface area is 336 Å². The lowest BCUT2D eigenvalue weighted by atomic mass is 10.0. The van der Waals surface area contributed by atoms with Gasteiger partial charge >= 0.3 is 13.8 Å². The minimum absolute atomic E-state index is 0.0937. The molecule has 0 rings (SSSR count). The van der Waals surface area contributed by atoms with E-state index in [1.807, 2.05) is 21.1 Å². The van der Waals surface area contributed by atoms with E-state index < -0.39 is 13.9 Å². The summed E-state index contributed by atoms with van der Waals surface area (Å²) in [5.41, 5.74) is 0. The summed E-state index contributed by atoms with van der Waals surface area (Å²) < 4.78 is 35.0. The lowest BCUT2D eigenvalue weighted by molar-refractivity contribution is -0.870. The number of hydrogen-bond acceptors (Lipinski definition) is 6. The van der Waals surface area contributed by atoms with Crippen LogP contribution in [0.4, 0.5) is 0 Å². The first kappa shape index (κ1) is 53.5. The number of esters is 1. The number of rotatable bonds is 44. The summed E-state index contributed by atoms with van der Waals surface area (Å²) in [5, 5.41) is 0. The van der Waals surface area contributed by atoms with Crippen molar-refractivity contribution in [3.63, 3.8) is 0 Å². The number of hydrogen-bond donors (Lipinski definition) is 1. The second-order valence-electron chi connectivity index (χ2n) is 17.2. The number of unbranched alkanes of at least 4 members (excludes halogenated alkanes) is 30. The fraction of sp³-hybridized carbons (Fsp3) is 0.978. The highest BCUT2D eigenvalue weighted by Crippen LogP contribution is 2.43. The molecule has 54 heavy (non-hydrogen) atoms. The lowest BCUT2D eigenvalue weighted by Gasteiger charge is -2.24. The van der Waals surface area contributed by atoms with Crippen molar-refractivity contribution in [2.24, 2.45) is 0 Å².